The van der Waals surface area contributed by atoms with E-state index in [4.69, 9.17) is 8.83 Å². The van der Waals surface area contributed by atoms with Crippen LogP contribution >= 0.6 is 0 Å². The van der Waals surface area contributed by atoms with Gasteiger partial charge in [-0.15, -0.1) is 0 Å². The Labute approximate surface area is 334 Å². The SMILES string of the molecule is Cc1ccccc1N(c1ccccc1)c1ccc2cc3c(cc2c1)oc1cc2oc4cc5cc(N(c6ccccc6)c6ccccc6C)ccc5cc4c2c(C#N)c13. The fourth-order valence-electron chi connectivity index (χ4n) is 8.68. The molecule has 0 atom stereocenters. The predicted molar refractivity (Wildman–Crippen MR) is 240 cm³/mol. The zero-order chi connectivity index (χ0) is 38.9. The molecular formula is C53H35N3O2. The van der Waals surface area contributed by atoms with Gasteiger partial charge in [0, 0.05) is 61.7 Å². The highest BCUT2D eigenvalue weighted by Crippen LogP contribution is 2.45. The van der Waals surface area contributed by atoms with E-state index in [0.717, 1.165) is 88.4 Å². The molecular weight excluding hydrogens is 711 g/mol. The van der Waals surface area contributed by atoms with Gasteiger partial charge in [0.1, 0.15) is 28.4 Å². The van der Waals surface area contributed by atoms with Gasteiger partial charge >= 0.3 is 0 Å². The molecule has 0 saturated heterocycles. The molecule has 0 aliphatic carbocycles. The van der Waals surface area contributed by atoms with E-state index < -0.39 is 0 Å². The van der Waals surface area contributed by atoms with Crippen LogP contribution in [0.1, 0.15) is 16.7 Å². The number of rotatable bonds is 6. The van der Waals surface area contributed by atoms with Crippen LogP contribution in [-0.4, -0.2) is 0 Å². The second kappa shape index (κ2) is 13.2. The first-order chi connectivity index (χ1) is 28.5. The van der Waals surface area contributed by atoms with E-state index in [1.54, 1.807) is 0 Å². The van der Waals surface area contributed by atoms with Gasteiger partial charge in [0.25, 0.3) is 0 Å². The Kier molecular flexibility index (Phi) is 7.60. The minimum absolute atomic E-state index is 0.557. The number of furan rings is 2. The van der Waals surface area contributed by atoms with Gasteiger partial charge in [-0.3, -0.25) is 0 Å². The molecule has 0 spiro atoms. The lowest BCUT2D eigenvalue weighted by molar-refractivity contribution is 0.656. The van der Waals surface area contributed by atoms with Crippen LogP contribution in [0.3, 0.4) is 0 Å². The van der Waals surface area contributed by atoms with Gasteiger partial charge in [0.15, 0.2) is 0 Å². The molecule has 0 fully saturated rings. The van der Waals surface area contributed by atoms with Crippen molar-refractivity contribution in [3.05, 3.63) is 193 Å². The highest BCUT2D eigenvalue weighted by Gasteiger charge is 2.22. The molecule has 274 valence electrons. The second-order valence-electron chi connectivity index (χ2n) is 15.0. The van der Waals surface area contributed by atoms with Crippen LogP contribution in [0.25, 0.3) is 65.4 Å². The first-order valence-electron chi connectivity index (χ1n) is 19.5. The van der Waals surface area contributed by atoms with Crippen LogP contribution in [0.4, 0.5) is 34.1 Å². The summed E-state index contributed by atoms with van der Waals surface area (Å²) in [5.74, 6) is 0. The molecule has 11 rings (SSSR count). The first-order valence-corrected chi connectivity index (χ1v) is 19.5. The fourth-order valence-corrected chi connectivity index (χ4v) is 8.68. The summed E-state index contributed by atoms with van der Waals surface area (Å²) in [5.41, 5.74) is 12.1. The quantitative estimate of drug-likeness (QED) is 0.170. The molecule has 0 radical (unpaired) electrons. The number of benzene rings is 9. The van der Waals surface area contributed by atoms with Crippen LogP contribution in [0.15, 0.2) is 185 Å². The van der Waals surface area contributed by atoms with Crippen molar-refractivity contribution < 1.29 is 8.83 Å². The summed E-state index contributed by atoms with van der Waals surface area (Å²) in [7, 11) is 0. The minimum atomic E-state index is 0.557. The Hall–Kier alpha value is -7.81. The predicted octanol–water partition coefficient (Wildman–Crippen LogP) is 15.2. The maximum absolute atomic E-state index is 10.8. The smallest absolute Gasteiger partial charge is 0.140 e. The number of hydrogen-bond donors (Lipinski definition) is 0. The van der Waals surface area contributed by atoms with Gasteiger partial charge in [-0.05, 0) is 131 Å². The molecule has 9 aromatic carbocycles. The topological polar surface area (TPSA) is 56.6 Å². The molecule has 11 aromatic rings. The van der Waals surface area contributed by atoms with Crippen LogP contribution in [0.2, 0.25) is 0 Å². The Balaban J connectivity index is 1.05. The third-order valence-electron chi connectivity index (χ3n) is 11.4. The van der Waals surface area contributed by atoms with Crippen molar-refractivity contribution in [2.75, 3.05) is 9.80 Å². The third kappa shape index (κ3) is 5.31. The van der Waals surface area contributed by atoms with Crippen molar-refractivity contribution >= 4 is 99.5 Å². The minimum Gasteiger partial charge on any atom is -0.456 e. The van der Waals surface area contributed by atoms with Crippen LogP contribution in [-0.2, 0) is 0 Å². The van der Waals surface area contributed by atoms with Crippen molar-refractivity contribution in [1.82, 2.24) is 0 Å². The monoisotopic (exact) mass is 745 g/mol. The van der Waals surface area contributed by atoms with E-state index in [1.807, 2.05) is 18.2 Å². The van der Waals surface area contributed by atoms with Gasteiger partial charge in [-0.2, -0.15) is 5.26 Å². The molecule has 5 nitrogen and oxygen atoms in total. The van der Waals surface area contributed by atoms with Crippen LogP contribution in [0.5, 0.6) is 0 Å². The fraction of sp³-hybridized carbons (Fsp3) is 0.0377. The molecule has 58 heavy (non-hydrogen) atoms. The van der Waals surface area contributed by atoms with Crippen molar-refractivity contribution in [3.8, 4) is 6.07 Å². The summed E-state index contributed by atoms with van der Waals surface area (Å²) >= 11 is 0. The van der Waals surface area contributed by atoms with E-state index >= 15 is 0 Å². The van der Waals surface area contributed by atoms with E-state index in [-0.39, 0.29) is 0 Å². The van der Waals surface area contributed by atoms with Crippen molar-refractivity contribution in [1.29, 1.82) is 5.26 Å². The Morgan fingerprint density at radius 1 is 0.397 bits per heavy atom. The van der Waals surface area contributed by atoms with Gasteiger partial charge in [-0.25, -0.2) is 0 Å². The molecule has 0 unspecified atom stereocenters. The van der Waals surface area contributed by atoms with Crippen LogP contribution in [0, 0.1) is 25.2 Å². The average Bonchev–Trinajstić information content (AvgIpc) is 3.79. The van der Waals surface area contributed by atoms with Crippen LogP contribution < -0.4 is 9.80 Å². The largest absolute Gasteiger partial charge is 0.456 e. The van der Waals surface area contributed by atoms with Gasteiger partial charge < -0.3 is 18.6 Å². The lowest BCUT2D eigenvalue weighted by Gasteiger charge is -2.27. The number of anilines is 6. The van der Waals surface area contributed by atoms with E-state index in [1.165, 1.54) is 11.1 Å². The molecule has 0 bridgehead atoms. The summed E-state index contributed by atoms with van der Waals surface area (Å²) in [5, 5.41) is 18.5. The number of fused-ring (bicyclic) bond motifs is 8. The summed E-state index contributed by atoms with van der Waals surface area (Å²) in [6, 6.07) is 63.9. The molecule has 2 heterocycles. The first kappa shape index (κ1) is 33.5. The molecule has 0 N–H and O–H groups in total. The van der Waals surface area contributed by atoms with E-state index in [2.05, 4.69) is 187 Å². The summed E-state index contributed by atoms with van der Waals surface area (Å²) in [4.78, 5) is 4.58. The summed E-state index contributed by atoms with van der Waals surface area (Å²) < 4.78 is 13.2. The van der Waals surface area contributed by atoms with E-state index in [0.29, 0.717) is 16.7 Å². The lowest BCUT2D eigenvalue weighted by atomic mass is 9.98. The van der Waals surface area contributed by atoms with Crippen molar-refractivity contribution in [3.63, 3.8) is 0 Å². The number of nitriles is 1. The standard InChI is InChI=1S/C53H35N3O2/c1-33-13-9-11-19-46(33)55(39-15-5-3-6-16-39)41-23-21-35-27-43-48(29-37(35)25-41)57-50-31-51-53(45(32-54)52(43)50)44-28-36-22-24-42(26-38(36)30-49(44)58-51)56(40-17-7-4-8-18-40)47-20-12-10-14-34(47)2/h3-31H,1-2H3. The van der Waals surface area contributed by atoms with E-state index in [9.17, 15) is 5.26 Å². The second-order valence-corrected chi connectivity index (χ2v) is 15.0. The number of nitrogens with zero attached hydrogens (tertiary/aromatic N) is 3. The van der Waals surface area contributed by atoms with Gasteiger partial charge in [-0.1, -0.05) is 84.9 Å². The van der Waals surface area contributed by atoms with Gasteiger partial charge in [0.05, 0.1) is 5.56 Å². The van der Waals surface area contributed by atoms with Crippen molar-refractivity contribution in [2.24, 2.45) is 0 Å². The maximum Gasteiger partial charge on any atom is 0.140 e. The third-order valence-corrected chi connectivity index (χ3v) is 11.4. The summed E-state index contributed by atoms with van der Waals surface area (Å²) in [6.45, 7) is 4.28. The zero-order valence-electron chi connectivity index (χ0n) is 31.9. The number of para-hydroxylation sites is 4. The lowest BCUT2D eigenvalue weighted by Crippen LogP contribution is -2.11. The van der Waals surface area contributed by atoms with Crippen molar-refractivity contribution in [2.45, 2.75) is 13.8 Å². The van der Waals surface area contributed by atoms with Gasteiger partial charge in [0.2, 0.25) is 0 Å². The number of aryl methyl sites for hydroxylation is 2. The zero-order valence-corrected chi connectivity index (χ0v) is 31.9. The molecule has 2 aromatic heterocycles. The Morgan fingerprint density at radius 2 is 0.828 bits per heavy atom. The molecule has 0 aliphatic rings. The summed E-state index contributed by atoms with van der Waals surface area (Å²) in [6.07, 6.45) is 0. The Bertz CT molecular complexity index is 3230. The molecule has 5 heteroatoms. The number of hydrogen-bond acceptors (Lipinski definition) is 5. The molecule has 0 amide bonds. The maximum atomic E-state index is 10.8. The highest BCUT2D eigenvalue weighted by atomic mass is 16.3. The molecule has 0 aliphatic heterocycles. The average molecular weight is 746 g/mol. The Morgan fingerprint density at radius 3 is 1.26 bits per heavy atom. The normalized spacial score (nSPS) is 11.6. The highest BCUT2D eigenvalue weighted by molar-refractivity contribution is 6.22. The molecule has 0 saturated carbocycles.